The lowest BCUT2D eigenvalue weighted by Gasteiger charge is -1.99. The molecule has 0 aliphatic carbocycles. The van der Waals surface area contributed by atoms with Crippen LogP contribution in [0.3, 0.4) is 0 Å². The molecule has 0 atom stereocenters. The fourth-order valence-electron chi connectivity index (χ4n) is 0.925. The van der Waals surface area contributed by atoms with E-state index in [0.717, 1.165) is 0 Å². The second-order valence-electron chi connectivity index (χ2n) is 2.32. The van der Waals surface area contributed by atoms with Gasteiger partial charge in [0.15, 0.2) is 0 Å². The molecule has 0 bridgehead atoms. The predicted molar refractivity (Wildman–Crippen MR) is 45.4 cm³/mol. The number of rotatable bonds is 1. The summed E-state index contributed by atoms with van der Waals surface area (Å²) in [6.07, 6.45) is 6.15. The third-order valence-electron chi connectivity index (χ3n) is 1.48. The van der Waals surface area contributed by atoms with E-state index in [4.69, 9.17) is 0 Å². The van der Waals surface area contributed by atoms with Crippen LogP contribution in [0.2, 0.25) is 0 Å². The van der Waals surface area contributed by atoms with Crippen molar-refractivity contribution in [3.8, 4) is 5.95 Å². The van der Waals surface area contributed by atoms with Gasteiger partial charge in [-0.1, -0.05) is 0 Å². The van der Waals surface area contributed by atoms with E-state index in [2.05, 4.69) is 15.0 Å². The van der Waals surface area contributed by atoms with Gasteiger partial charge in [0, 0.05) is 24.8 Å². The summed E-state index contributed by atoms with van der Waals surface area (Å²) in [6.45, 7) is 0. The zero-order valence-corrected chi connectivity index (χ0v) is 6.66. The first-order valence-corrected chi connectivity index (χ1v) is 3.69. The SMILES string of the molecule is O=c1ncccn1-c1ncccn1. The molecule has 2 heterocycles. The van der Waals surface area contributed by atoms with Gasteiger partial charge in [-0.25, -0.2) is 24.3 Å². The van der Waals surface area contributed by atoms with Gasteiger partial charge in [0.25, 0.3) is 0 Å². The summed E-state index contributed by atoms with van der Waals surface area (Å²) in [6, 6.07) is 3.34. The van der Waals surface area contributed by atoms with Crippen molar-refractivity contribution in [2.24, 2.45) is 0 Å². The summed E-state index contributed by atoms with van der Waals surface area (Å²) < 4.78 is 1.28. The lowest BCUT2D eigenvalue weighted by Crippen LogP contribution is -2.21. The normalized spacial score (nSPS) is 9.85. The summed E-state index contributed by atoms with van der Waals surface area (Å²) in [5, 5.41) is 0. The van der Waals surface area contributed by atoms with Crippen molar-refractivity contribution in [2.75, 3.05) is 0 Å². The van der Waals surface area contributed by atoms with E-state index < -0.39 is 0 Å². The smallest absolute Gasteiger partial charge is 0.245 e. The highest BCUT2D eigenvalue weighted by atomic mass is 16.1. The lowest BCUT2D eigenvalue weighted by molar-refractivity contribution is 0.842. The topological polar surface area (TPSA) is 60.7 Å². The molecule has 0 aliphatic rings. The van der Waals surface area contributed by atoms with Crippen LogP contribution in [0.4, 0.5) is 0 Å². The molecule has 2 aromatic heterocycles. The fraction of sp³-hybridized carbons (Fsp3) is 0. The minimum absolute atomic E-state index is 0.334. The molecular weight excluding hydrogens is 168 g/mol. The predicted octanol–water partition coefficient (Wildman–Crippen LogP) is 0.0225. The Hall–Kier alpha value is -2.04. The first-order chi connectivity index (χ1) is 6.38. The Kier molecular flexibility index (Phi) is 1.84. The zero-order chi connectivity index (χ0) is 9.10. The van der Waals surface area contributed by atoms with Crippen LogP contribution in [-0.4, -0.2) is 19.5 Å². The van der Waals surface area contributed by atoms with E-state index >= 15 is 0 Å². The van der Waals surface area contributed by atoms with Crippen LogP contribution < -0.4 is 5.69 Å². The molecule has 64 valence electrons. The maximum Gasteiger partial charge on any atom is 0.354 e. The van der Waals surface area contributed by atoms with Gasteiger partial charge in [-0.15, -0.1) is 0 Å². The Morgan fingerprint density at radius 3 is 2.38 bits per heavy atom. The van der Waals surface area contributed by atoms with Crippen LogP contribution in [0.1, 0.15) is 0 Å². The highest BCUT2D eigenvalue weighted by Gasteiger charge is 1.98. The van der Waals surface area contributed by atoms with Crippen molar-refractivity contribution in [3.05, 3.63) is 47.4 Å². The molecule has 0 radical (unpaired) electrons. The van der Waals surface area contributed by atoms with Crippen LogP contribution in [-0.2, 0) is 0 Å². The maximum absolute atomic E-state index is 11.2. The van der Waals surface area contributed by atoms with E-state index in [-0.39, 0.29) is 5.69 Å². The largest absolute Gasteiger partial charge is 0.354 e. The standard InChI is InChI=1S/C8H6N4O/c13-8-11-5-2-6-12(8)7-9-3-1-4-10-7/h1-6H. The van der Waals surface area contributed by atoms with Gasteiger partial charge in [-0.2, -0.15) is 0 Å². The summed E-state index contributed by atoms with van der Waals surface area (Å²) in [5.74, 6) is 0.334. The maximum atomic E-state index is 11.2. The van der Waals surface area contributed by atoms with E-state index in [9.17, 15) is 4.79 Å². The highest BCUT2D eigenvalue weighted by molar-refractivity contribution is 5.08. The Labute approximate surface area is 73.7 Å². The number of nitrogens with zero attached hydrogens (tertiary/aromatic N) is 4. The molecule has 0 N–H and O–H groups in total. The molecule has 13 heavy (non-hydrogen) atoms. The molecular formula is C8H6N4O. The van der Waals surface area contributed by atoms with Crippen LogP contribution in [0.15, 0.2) is 41.7 Å². The minimum Gasteiger partial charge on any atom is -0.245 e. The molecule has 0 unspecified atom stereocenters. The molecule has 0 saturated carbocycles. The second kappa shape index (κ2) is 3.14. The van der Waals surface area contributed by atoms with Crippen molar-refractivity contribution in [3.63, 3.8) is 0 Å². The summed E-state index contributed by atoms with van der Waals surface area (Å²) in [5.41, 5.74) is -0.381. The third-order valence-corrected chi connectivity index (χ3v) is 1.48. The molecule has 2 rings (SSSR count). The highest BCUT2D eigenvalue weighted by Crippen LogP contribution is 1.91. The van der Waals surface area contributed by atoms with Crippen LogP contribution >= 0.6 is 0 Å². The Morgan fingerprint density at radius 2 is 1.69 bits per heavy atom. The van der Waals surface area contributed by atoms with Crippen molar-refractivity contribution in [1.29, 1.82) is 0 Å². The Balaban J connectivity index is 2.60. The van der Waals surface area contributed by atoms with Gasteiger partial charge in [0.1, 0.15) is 0 Å². The molecule has 2 aromatic rings. The van der Waals surface area contributed by atoms with Crippen molar-refractivity contribution in [2.45, 2.75) is 0 Å². The number of hydrogen-bond acceptors (Lipinski definition) is 4. The molecule has 0 amide bonds. The first kappa shape index (κ1) is 7.60. The monoisotopic (exact) mass is 174 g/mol. The van der Waals surface area contributed by atoms with Crippen molar-refractivity contribution in [1.82, 2.24) is 19.5 Å². The zero-order valence-electron chi connectivity index (χ0n) is 6.66. The third kappa shape index (κ3) is 1.44. The lowest BCUT2D eigenvalue weighted by atomic mass is 10.6. The number of aromatic nitrogens is 4. The molecule has 0 spiro atoms. The molecule has 0 saturated heterocycles. The van der Waals surface area contributed by atoms with Crippen LogP contribution in [0.25, 0.3) is 5.95 Å². The van der Waals surface area contributed by atoms with E-state index in [1.165, 1.54) is 10.8 Å². The fourth-order valence-corrected chi connectivity index (χ4v) is 0.925. The van der Waals surface area contributed by atoms with E-state index in [1.807, 2.05) is 0 Å². The van der Waals surface area contributed by atoms with E-state index in [0.29, 0.717) is 5.95 Å². The van der Waals surface area contributed by atoms with E-state index in [1.54, 1.807) is 30.7 Å². The molecule has 0 fully saturated rings. The van der Waals surface area contributed by atoms with Crippen LogP contribution in [0, 0.1) is 0 Å². The van der Waals surface area contributed by atoms with Gasteiger partial charge in [0.2, 0.25) is 5.95 Å². The van der Waals surface area contributed by atoms with Gasteiger partial charge < -0.3 is 0 Å². The van der Waals surface area contributed by atoms with Gasteiger partial charge in [0.05, 0.1) is 0 Å². The number of hydrogen-bond donors (Lipinski definition) is 0. The summed E-state index contributed by atoms with van der Waals surface area (Å²) >= 11 is 0. The molecule has 0 aliphatic heterocycles. The minimum atomic E-state index is -0.381. The van der Waals surface area contributed by atoms with Crippen molar-refractivity contribution >= 4 is 0 Å². The van der Waals surface area contributed by atoms with Crippen molar-refractivity contribution < 1.29 is 0 Å². The average Bonchev–Trinajstić information content (AvgIpc) is 2.20. The average molecular weight is 174 g/mol. The molecule has 0 aromatic carbocycles. The van der Waals surface area contributed by atoms with Crippen LogP contribution in [0.5, 0.6) is 0 Å². The Bertz CT molecular complexity index is 451. The first-order valence-electron chi connectivity index (χ1n) is 3.69. The quantitative estimate of drug-likeness (QED) is 0.611. The summed E-state index contributed by atoms with van der Waals surface area (Å²) in [4.78, 5) is 22.6. The van der Waals surface area contributed by atoms with Gasteiger partial charge >= 0.3 is 5.69 Å². The van der Waals surface area contributed by atoms with Gasteiger partial charge in [-0.05, 0) is 12.1 Å². The molecule has 5 nitrogen and oxygen atoms in total. The second-order valence-corrected chi connectivity index (χ2v) is 2.32. The van der Waals surface area contributed by atoms with Gasteiger partial charge in [-0.3, -0.25) is 0 Å². The summed E-state index contributed by atoms with van der Waals surface area (Å²) in [7, 11) is 0. The Morgan fingerprint density at radius 1 is 1.00 bits per heavy atom. The molecule has 5 heteroatoms.